The summed E-state index contributed by atoms with van der Waals surface area (Å²) in [6, 6.07) is -0.514. The molecule has 22 heavy (non-hydrogen) atoms. The van der Waals surface area contributed by atoms with Crippen LogP contribution in [0.2, 0.25) is 0 Å². The van der Waals surface area contributed by atoms with Gasteiger partial charge in [0.05, 0.1) is 5.01 Å². The number of rotatable bonds is 5. The number of likely N-dealkylation sites (tertiary alicyclic amines) is 1. The predicted molar refractivity (Wildman–Crippen MR) is 87.1 cm³/mol. The number of amides is 3. The van der Waals surface area contributed by atoms with Crippen LogP contribution in [0.4, 0.5) is 4.79 Å². The number of nitrogens with one attached hydrogen (secondary N) is 2. The normalized spacial score (nSPS) is 19.6. The second kappa shape index (κ2) is 7.09. The van der Waals surface area contributed by atoms with Gasteiger partial charge in [0.15, 0.2) is 0 Å². The van der Waals surface area contributed by atoms with Crippen molar-refractivity contribution in [3.63, 3.8) is 0 Å². The molecule has 1 aromatic rings. The molecule has 6 nitrogen and oxygen atoms in total. The lowest BCUT2D eigenvalue weighted by Gasteiger charge is -2.21. The van der Waals surface area contributed by atoms with Gasteiger partial charge in [-0.15, -0.1) is 11.3 Å². The first-order valence-corrected chi connectivity index (χ1v) is 8.53. The van der Waals surface area contributed by atoms with Gasteiger partial charge in [0.2, 0.25) is 5.91 Å². The van der Waals surface area contributed by atoms with Crippen LogP contribution in [0.5, 0.6) is 0 Å². The van der Waals surface area contributed by atoms with E-state index in [0.29, 0.717) is 19.5 Å². The van der Waals surface area contributed by atoms with E-state index in [1.54, 1.807) is 16.2 Å². The molecule has 0 bridgehead atoms. The molecule has 0 saturated carbocycles. The molecule has 7 heteroatoms. The molecular weight excluding hydrogens is 300 g/mol. The van der Waals surface area contributed by atoms with Crippen LogP contribution in [0.3, 0.4) is 0 Å². The van der Waals surface area contributed by atoms with Crippen molar-refractivity contribution in [2.24, 2.45) is 0 Å². The Labute approximate surface area is 135 Å². The summed E-state index contributed by atoms with van der Waals surface area (Å²) in [5.74, 6) is 0.171. The fraction of sp³-hybridized carbons (Fsp3) is 0.667. The zero-order valence-corrected chi connectivity index (χ0v) is 14.4. The highest BCUT2D eigenvalue weighted by Gasteiger charge is 2.33. The molecule has 1 aromatic heterocycles. The molecule has 1 aliphatic heterocycles. The van der Waals surface area contributed by atoms with Crippen LogP contribution in [-0.4, -0.2) is 47.0 Å². The van der Waals surface area contributed by atoms with E-state index in [2.05, 4.69) is 15.6 Å². The number of thiazole rings is 1. The number of aromatic nitrogens is 1. The molecule has 0 radical (unpaired) electrons. The molecule has 1 saturated heterocycles. The fourth-order valence-corrected chi connectivity index (χ4v) is 3.35. The maximum Gasteiger partial charge on any atom is 0.315 e. The first kappa shape index (κ1) is 16.7. The van der Waals surface area contributed by atoms with Crippen molar-refractivity contribution in [1.29, 1.82) is 0 Å². The van der Waals surface area contributed by atoms with E-state index in [9.17, 15) is 9.59 Å². The van der Waals surface area contributed by atoms with Crippen molar-refractivity contribution in [2.75, 3.05) is 13.1 Å². The number of carbonyl (C=O) groups is 2. The van der Waals surface area contributed by atoms with Crippen LogP contribution < -0.4 is 10.6 Å². The van der Waals surface area contributed by atoms with Crippen LogP contribution in [0.25, 0.3) is 0 Å². The summed E-state index contributed by atoms with van der Waals surface area (Å²) in [6.07, 6.45) is 0.672. The molecule has 2 atom stereocenters. The Bertz CT molecular complexity index is 543. The standard InChI is InChI=1S/C15H24N4O2S/c1-9(2)19-6-5-12(14(19)20)18-15(21)16-7-10(3)13-17-11(4)8-22-13/h8-10,12H,5-7H2,1-4H3,(H2,16,18,21)/t10-,12+/m0/s1. The van der Waals surface area contributed by atoms with Gasteiger partial charge in [-0.25, -0.2) is 9.78 Å². The predicted octanol–water partition coefficient (Wildman–Crippen LogP) is 1.86. The van der Waals surface area contributed by atoms with Gasteiger partial charge in [-0.1, -0.05) is 6.92 Å². The van der Waals surface area contributed by atoms with Crippen molar-refractivity contribution in [3.05, 3.63) is 16.1 Å². The third-order valence-corrected chi connectivity index (χ3v) is 4.99. The van der Waals surface area contributed by atoms with Gasteiger partial charge in [0.1, 0.15) is 6.04 Å². The number of carbonyl (C=O) groups excluding carboxylic acids is 2. The molecule has 2 heterocycles. The number of hydrogen-bond donors (Lipinski definition) is 2. The molecule has 2 N–H and O–H groups in total. The van der Waals surface area contributed by atoms with Gasteiger partial charge in [-0.3, -0.25) is 4.79 Å². The Kier molecular flexibility index (Phi) is 5.39. The molecule has 0 aliphatic carbocycles. The van der Waals surface area contributed by atoms with Gasteiger partial charge in [0.25, 0.3) is 0 Å². The fourth-order valence-electron chi connectivity index (χ4n) is 2.49. The van der Waals surface area contributed by atoms with Crippen molar-refractivity contribution in [1.82, 2.24) is 20.5 Å². The summed E-state index contributed by atoms with van der Waals surface area (Å²) < 4.78 is 0. The minimum atomic E-state index is -0.403. The lowest BCUT2D eigenvalue weighted by Crippen LogP contribution is -2.47. The SMILES string of the molecule is Cc1csc([C@@H](C)CNC(=O)N[C@@H]2CCN(C(C)C)C2=O)n1. The Hall–Kier alpha value is -1.63. The second-order valence-corrected chi connectivity index (χ2v) is 6.94. The Balaban J connectivity index is 1.78. The lowest BCUT2D eigenvalue weighted by molar-refractivity contribution is -0.130. The Morgan fingerprint density at radius 3 is 2.77 bits per heavy atom. The molecule has 0 spiro atoms. The molecule has 2 rings (SSSR count). The first-order chi connectivity index (χ1) is 10.4. The highest BCUT2D eigenvalue weighted by Crippen LogP contribution is 2.19. The number of urea groups is 1. The third-order valence-electron chi connectivity index (χ3n) is 3.80. The monoisotopic (exact) mass is 324 g/mol. The highest BCUT2D eigenvalue weighted by atomic mass is 32.1. The highest BCUT2D eigenvalue weighted by molar-refractivity contribution is 7.09. The van der Waals surface area contributed by atoms with E-state index < -0.39 is 6.04 Å². The summed E-state index contributed by atoms with van der Waals surface area (Å²) in [4.78, 5) is 30.3. The zero-order chi connectivity index (χ0) is 16.3. The zero-order valence-electron chi connectivity index (χ0n) is 13.5. The van der Waals surface area contributed by atoms with Crippen LogP contribution in [0.15, 0.2) is 5.38 Å². The number of aryl methyl sites for hydroxylation is 1. The summed E-state index contributed by atoms with van der Waals surface area (Å²) in [7, 11) is 0. The lowest BCUT2D eigenvalue weighted by atomic mass is 10.2. The van der Waals surface area contributed by atoms with E-state index in [0.717, 1.165) is 10.7 Å². The van der Waals surface area contributed by atoms with Crippen LogP contribution >= 0.6 is 11.3 Å². The smallest absolute Gasteiger partial charge is 0.315 e. The number of nitrogens with zero attached hydrogens (tertiary/aromatic N) is 2. The van der Waals surface area contributed by atoms with Gasteiger partial charge in [-0.2, -0.15) is 0 Å². The Morgan fingerprint density at radius 1 is 1.50 bits per heavy atom. The van der Waals surface area contributed by atoms with Gasteiger partial charge in [-0.05, 0) is 27.2 Å². The van der Waals surface area contributed by atoms with E-state index in [4.69, 9.17) is 0 Å². The number of hydrogen-bond acceptors (Lipinski definition) is 4. The van der Waals surface area contributed by atoms with Crippen molar-refractivity contribution < 1.29 is 9.59 Å². The topological polar surface area (TPSA) is 74.3 Å². The van der Waals surface area contributed by atoms with Crippen LogP contribution in [0, 0.1) is 6.92 Å². The Morgan fingerprint density at radius 2 is 2.23 bits per heavy atom. The van der Waals surface area contributed by atoms with E-state index in [1.807, 2.05) is 33.1 Å². The summed E-state index contributed by atoms with van der Waals surface area (Å²) in [6.45, 7) is 9.17. The molecule has 0 unspecified atom stereocenters. The van der Waals surface area contributed by atoms with Crippen molar-refractivity contribution in [3.8, 4) is 0 Å². The largest absolute Gasteiger partial charge is 0.338 e. The molecule has 122 valence electrons. The van der Waals surface area contributed by atoms with Crippen molar-refractivity contribution in [2.45, 2.75) is 52.1 Å². The molecule has 3 amide bonds. The molecule has 1 aliphatic rings. The molecule has 1 fully saturated rings. The van der Waals surface area contributed by atoms with Crippen LogP contribution in [-0.2, 0) is 4.79 Å². The summed E-state index contributed by atoms with van der Waals surface area (Å²) in [5, 5.41) is 8.61. The van der Waals surface area contributed by atoms with Gasteiger partial charge >= 0.3 is 6.03 Å². The van der Waals surface area contributed by atoms with E-state index in [-0.39, 0.29) is 23.9 Å². The molecule has 0 aromatic carbocycles. The summed E-state index contributed by atoms with van der Waals surface area (Å²) in [5.41, 5.74) is 1.00. The second-order valence-electron chi connectivity index (χ2n) is 6.05. The van der Waals surface area contributed by atoms with E-state index >= 15 is 0 Å². The van der Waals surface area contributed by atoms with Crippen molar-refractivity contribution >= 4 is 23.3 Å². The minimum Gasteiger partial charge on any atom is -0.338 e. The average molecular weight is 324 g/mol. The average Bonchev–Trinajstić information content (AvgIpc) is 3.03. The first-order valence-electron chi connectivity index (χ1n) is 7.65. The maximum atomic E-state index is 12.1. The maximum absolute atomic E-state index is 12.1. The molecular formula is C15H24N4O2S. The minimum absolute atomic E-state index is 0.00810. The summed E-state index contributed by atoms with van der Waals surface area (Å²) >= 11 is 1.60. The van der Waals surface area contributed by atoms with E-state index in [1.165, 1.54) is 0 Å². The quantitative estimate of drug-likeness (QED) is 0.868. The third kappa shape index (κ3) is 3.97. The van der Waals surface area contributed by atoms with Gasteiger partial charge < -0.3 is 15.5 Å². The van der Waals surface area contributed by atoms with Gasteiger partial charge in [0, 0.05) is 36.1 Å². The van der Waals surface area contributed by atoms with Crippen LogP contribution in [0.1, 0.15) is 43.8 Å².